The van der Waals surface area contributed by atoms with Gasteiger partial charge in [0, 0.05) is 13.2 Å². The summed E-state index contributed by atoms with van der Waals surface area (Å²) in [6.07, 6.45) is -0.458. The van der Waals surface area contributed by atoms with Crippen molar-refractivity contribution in [1.29, 1.82) is 0 Å². The summed E-state index contributed by atoms with van der Waals surface area (Å²) in [4.78, 5) is 11.4. The first-order valence-corrected chi connectivity index (χ1v) is 5.42. The van der Waals surface area contributed by atoms with Gasteiger partial charge in [-0.15, -0.1) is 0 Å². The molecule has 0 radical (unpaired) electrons. The van der Waals surface area contributed by atoms with Crippen molar-refractivity contribution < 1.29 is 19.4 Å². The van der Waals surface area contributed by atoms with Crippen LogP contribution in [0.3, 0.4) is 0 Å². The third kappa shape index (κ3) is 2.92. The highest BCUT2D eigenvalue weighted by molar-refractivity contribution is 5.78. The molecule has 90 valence electrons. The molecule has 0 aliphatic heterocycles. The Morgan fingerprint density at radius 3 is 2.07 bits per heavy atom. The Kier molecular flexibility index (Phi) is 5.83. The molecule has 0 heterocycles. The minimum atomic E-state index is -1.25. The number of carboxylic acids is 1. The second-order valence-electron chi connectivity index (χ2n) is 3.78. The number of hydrogen-bond acceptors (Lipinski definition) is 3. The molecule has 2 atom stereocenters. The third-order valence-electron chi connectivity index (χ3n) is 2.60. The summed E-state index contributed by atoms with van der Waals surface area (Å²) in [6.45, 7) is 9.89. The molecule has 2 unspecified atom stereocenters. The molecule has 1 N–H and O–H groups in total. The van der Waals surface area contributed by atoms with Crippen LogP contribution in [-0.2, 0) is 14.3 Å². The van der Waals surface area contributed by atoms with Crippen LogP contribution in [-0.4, -0.2) is 36.0 Å². The average Bonchev–Trinajstić information content (AvgIpc) is 2.13. The lowest BCUT2D eigenvalue weighted by Gasteiger charge is -2.37. The highest BCUT2D eigenvalue weighted by Crippen LogP contribution is 2.28. The Labute approximate surface area is 91.6 Å². The van der Waals surface area contributed by atoms with Gasteiger partial charge in [-0.25, -0.2) is 4.79 Å². The summed E-state index contributed by atoms with van der Waals surface area (Å²) in [5.74, 6) is -1.10. The quantitative estimate of drug-likeness (QED) is 0.709. The normalized spacial score (nSPS) is 17.5. The zero-order chi connectivity index (χ0) is 12.1. The molecular formula is C11H22O4. The van der Waals surface area contributed by atoms with Crippen LogP contribution in [0.15, 0.2) is 0 Å². The van der Waals surface area contributed by atoms with Gasteiger partial charge in [0.25, 0.3) is 0 Å². The lowest BCUT2D eigenvalue weighted by molar-refractivity contribution is -0.197. The first-order chi connectivity index (χ1) is 6.93. The van der Waals surface area contributed by atoms with Crippen molar-refractivity contribution in [3.05, 3.63) is 0 Å². The predicted octanol–water partition coefficient (Wildman–Crippen LogP) is 1.93. The van der Waals surface area contributed by atoms with Gasteiger partial charge in [-0.05, 0) is 26.7 Å². The zero-order valence-electron chi connectivity index (χ0n) is 10.2. The maximum Gasteiger partial charge on any atom is 0.338 e. The van der Waals surface area contributed by atoms with E-state index in [4.69, 9.17) is 9.47 Å². The van der Waals surface area contributed by atoms with E-state index in [0.717, 1.165) is 0 Å². The lowest BCUT2D eigenvalue weighted by Crippen LogP contribution is -2.55. The van der Waals surface area contributed by atoms with Crippen LogP contribution in [0, 0.1) is 5.92 Å². The standard InChI is InChI=1S/C11H22O4/c1-6-14-9(5)11(8(3)4,10(12)13)15-7-2/h8-9H,6-7H2,1-5H3,(H,12,13). The molecule has 4 nitrogen and oxygen atoms in total. The molecule has 0 saturated heterocycles. The van der Waals surface area contributed by atoms with Crippen molar-refractivity contribution in [1.82, 2.24) is 0 Å². The van der Waals surface area contributed by atoms with Gasteiger partial charge >= 0.3 is 5.97 Å². The maximum absolute atomic E-state index is 11.4. The van der Waals surface area contributed by atoms with Crippen LogP contribution in [0.4, 0.5) is 0 Å². The number of ether oxygens (including phenoxy) is 2. The summed E-state index contributed by atoms with van der Waals surface area (Å²) >= 11 is 0. The van der Waals surface area contributed by atoms with Gasteiger partial charge in [0.2, 0.25) is 0 Å². The molecule has 0 amide bonds. The number of aliphatic carboxylic acids is 1. The van der Waals surface area contributed by atoms with E-state index in [-0.39, 0.29) is 5.92 Å². The maximum atomic E-state index is 11.4. The predicted molar refractivity (Wildman–Crippen MR) is 57.9 cm³/mol. The van der Waals surface area contributed by atoms with Crippen LogP contribution < -0.4 is 0 Å². The fraction of sp³-hybridized carbons (Fsp3) is 0.909. The molecule has 0 aliphatic rings. The summed E-state index contributed by atoms with van der Waals surface area (Å²) in [7, 11) is 0. The van der Waals surface area contributed by atoms with Crippen LogP contribution in [0.1, 0.15) is 34.6 Å². The monoisotopic (exact) mass is 218 g/mol. The van der Waals surface area contributed by atoms with E-state index in [1.165, 1.54) is 0 Å². The number of rotatable bonds is 7. The SMILES string of the molecule is CCOC(C)C(OCC)(C(=O)O)C(C)C. The van der Waals surface area contributed by atoms with Crippen LogP contribution in [0.2, 0.25) is 0 Å². The van der Waals surface area contributed by atoms with Crippen molar-refractivity contribution in [2.24, 2.45) is 5.92 Å². The highest BCUT2D eigenvalue weighted by atomic mass is 16.6. The van der Waals surface area contributed by atoms with Crippen LogP contribution in [0.25, 0.3) is 0 Å². The first-order valence-electron chi connectivity index (χ1n) is 5.42. The third-order valence-corrected chi connectivity index (χ3v) is 2.60. The Morgan fingerprint density at radius 2 is 1.80 bits per heavy atom. The minimum Gasteiger partial charge on any atom is -0.479 e. The van der Waals surface area contributed by atoms with E-state index < -0.39 is 17.7 Å². The summed E-state index contributed by atoms with van der Waals surface area (Å²) < 4.78 is 10.8. The molecule has 0 fully saturated rings. The topological polar surface area (TPSA) is 55.8 Å². The van der Waals surface area contributed by atoms with Gasteiger partial charge in [-0.3, -0.25) is 0 Å². The molecule has 4 heteroatoms. The van der Waals surface area contributed by atoms with Crippen molar-refractivity contribution in [2.45, 2.75) is 46.3 Å². The van der Waals surface area contributed by atoms with E-state index >= 15 is 0 Å². The molecular weight excluding hydrogens is 196 g/mol. The molecule has 0 aliphatic carbocycles. The largest absolute Gasteiger partial charge is 0.479 e. The smallest absolute Gasteiger partial charge is 0.338 e. The molecule has 0 saturated carbocycles. The minimum absolute atomic E-state index is 0.142. The van der Waals surface area contributed by atoms with Gasteiger partial charge in [-0.2, -0.15) is 0 Å². The van der Waals surface area contributed by atoms with Crippen molar-refractivity contribution in [3.63, 3.8) is 0 Å². The molecule has 0 aromatic rings. The Hall–Kier alpha value is -0.610. The second-order valence-corrected chi connectivity index (χ2v) is 3.78. The van der Waals surface area contributed by atoms with Crippen molar-refractivity contribution in [3.8, 4) is 0 Å². The lowest BCUT2D eigenvalue weighted by atomic mass is 9.85. The Balaban J connectivity index is 5.02. The summed E-state index contributed by atoms with van der Waals surface area (Å²) in [6, 6.07) is 0. The molecule has 0 spiro atoms. The van der Waals surface area contributed by atoms with E-state index in [1.807, 2.05) is 20.8 Å². The van der Waals surface area contributed by atoms with Crippen molar-refractivity contribution in [2.75, 3.05) is 13.2 Å². The van der Waals surface area contributed by atoms with Gasteiger partial charge in [0.1, 0.15) is 0 Å². The van der Waals surface area contributed by atoms with E-state index in [1.54, 1.807) is 13.8 Å². The van der Waals surface area contributed by atoms with Crippen LogP contribution in [0.5, 0.6) is 0 Å². The molecule has 0 bridgehead atoms. The Morgan fingerprint density at radius 1 is 1.27 bits per heavy atom. The van der Waals surface area contributed by atoms with Gasteiger partial charge in [0.05, 0.1) is 6.10 Å². The second kappa shape index (κ2) is 6.08. The first kappa shape index (κ1) is 14.4. The van der Waals surface area contributed by atoms with Crippen LogP contribution >= 0.6 is 0 Å². The molecule has 15 heavy (non-hydrogen) atoms. The molecule has 0 aromatic heterocycles. The fourth-order valence-corrected chi connectivity index (χ4v) is 1.85. The highest BCUT2D eigenvalue weighted by Gasteiger charge is 2.48. The number of carbonyl (C=O) groups is 1. The molecule has 0 rings (SSSR count). The average molecular weight is 218 g/mol. The van der Waals surface area contributed by atoms with Gasteiger partial charge < -0.3 is 14.6 Å². The molecule has 0 aromatic carbocycles. The zero-order valence-corrected chi connectivity index (χ0v) is 10.2. The van der Waals surface area contributed by atoms with E-state index in [2.05, 4.69) is 0 Å². The fourth-order valence-electron chi connectivity index (χ4n) is 1.85. The summed E-state index contributed by atoms with van der Waals surface area (Å²) in [5, 5.41) is 9.32. The Bertz CT molecular complexity index is 203. The van der Waals surface area contributed by atoms with Gasteiger partial charge in [0.15, 0.2) is 5.60 Å². The van der Waals surface area contributed by atoms with Gasteiger partial charge in [-0.1, -0.05) is 13.8 Å². The number of carboxylic acid groups (broad SMARTS) is 1. The van der Waals surface area contributed by atoms with E-state index in [0.29, 0.717) is 13.2 Å². The number of hydrogen-bond donors (Lipinski definition) is 1. The van der Waals surface area contributed by atoms with Crippen molar-refractivity contribution >= 4 is 5.97 Å². The van der Waals surface area contributed by atoms with E-state index in [9.17, 15) is 9.90 Å². The summed E-state index contributed by atoms with van der Waals surface area (Å²) in [5.41, 5.74) is -1.25.